The van der Waals surface area contributed by atoms with E-state index in [1.807, 2.05) is 36.4 Å². The van der Waals surface area contributed by atoms with E-state index in [1.165, 1.54) is 6.08 Å². The molecule has 3 heterocycles. The van der Waals surface area contributed by atoms with Gasteiger partial charge in [-0.2, -0.15) is 0 Å². The van der Waals surface area contributed by atoms with Gasteiger partial charge in [0.2, 0.25) is 5.91 Å². The normalized spacial score (nSPS) is 11.4. The van der Waals surface area contributed by atoms with Gasteiger partial charge in [-0.25, -0.2) is 0 Å². The van der Waals surface area contributed by atoms with E-state index in [0.717, 1.165) is 33.1 Å². The number of aromatic nitrogens is 3. The summed E-state index contributed by atoms with van der Waals surface area (Å²) in [6, 6.07) is 13.9. The highest BCUT2D eigenvalue weighted by atomic mass is 16.1. The molecule has 1 aromatic carbocycles. The van der Waals surface area contributed by atoms with Crippen LogP contribution in [0, 0.1) is 0 Å². The molecule has 0 aliphatic heterocycles. The molecule has 0 bridgehead atoms. The minimum atomic E-state index is -0.155. The van der Waals surface area contributed by atoms with Gasteiger partial charge < -0.3 is 10.3 Å². The van der Waals surface area contributed by atoms with Crippen LogP contribution in [0.3, 0.4) is 0 Å². The van der Waals surface area contributed by atoms with Crippen LogP contribution < -0.4 is 5.32 Å². The topological polar surface area (TPSA) is 70.7 Å². The molecule has 2 N–H and O–H groups in total. The fourth-order valence-corrected chi connectivity index (χ4v) is 2.77. The van der Waals surface area contributed by atoms with Crippen LogP contribution in [0.1, 0.15) is 11.3 Å². The Morgan fingerprint density at radius 2 is 1.92 bits per heavy atom. The number of para-hydroxylation sites is 1. The molecule has 5 heteroatoms. The summed E-state index contributed by atoms with van der Waals surface area (Å²) < 4.78 is 0. The van der Waals surface area contributed by atoms with Crippen LogP contribution in [0.15, 0.2) is 67.1 Å². The summed E-state index contributed by atoms with van der Waals surface area (Å²) >= 11 is 0. The van der Waals surface area contributed by atoms with Crippen molar-refractivity contribution < 1.29 is 4.79 Å². The first kappa shape index (κ1) is 15.1. The lowest BCUT2D eigenvalue weighted by atomic mass is 10.1. The summed E-state index contributed by atoms with van der Waals surface area (Å²) in [6.45, 7) is 0.473. The molecule has 0 saturated carbocycles. The molecule has 4 rings (SSSR count). The predicted octanol–water partition coefficient (Wildman–Crippen LogP) is 3.44. The van der Waals surface area contributed by atoms with Gasteiger partial charge in [-0.1, -0.05) is 18.2 Å². The van der Waals surface area contributed by atoms with Crippen LogP contribution in [0.2, 0.25) is 0 Å². The molecule has 0 unspecified atom stereocenters. The average molecular weight is 328 g/mol. The van der Waals surface area contributed by atoms with E-state index >= 15 is 0 Å². The molecule has 1 amide bonds. The van der Waals surface area contributed by atoms with Crippen LogP contribution in [0.4, 0.5) is 0 Å². The van der Waals surface area contributed by atoms with Gasteiger partial charge in [-0.3, -0.25) is 14.8 Å². The molecule has 4 aromatic rings. The van der Waals surface area contributed by atoms with Crippen LogP contribution in [-0.4, -0.2) is 20.9 Å². The zero-order valence-corrected chi connectivity index (χ0v) is 13.4. The van der Waals surface area contributed by atoms with Gasteiger partial charge in [0.15, 0.2) is 0 Å². The van der Waals surface area contributed by atoms with Crippen LogP contribution in [0.25, 0.3) is 27.9 Å². The van der Waals surface area contributed by atoms with Crippen molar-refractivity contribution in [1.82, 2.24) is 20.3 Å². The van der Waals surface area contributed by atoms with Crippen molar-refractivity contribution in [1.29, 1.82) is 0 Å². The standard InChI is InChI=1S/C20H16N4O/c25-20(23-12-14-7-9-21-10-8-14)6-5-15-11-17-16-3-1-2-4-18(16)24-19(17)13-22-15/h1-11,13,24H,12H2,(H,23,25)/b6-5+. The van der Waals surface area contributed by atoms with E-state index in [0.29, 0.717) is 6.54 Å². The number of rotatable bonds is 4. The molecule has 0 aliphatic rings. The molecule has 0 saturated heterocycles. The van der Waals surface area contributed by atoms with Crippen molar-refractivity contribution in [3.8, 4) is 0 Å². The number of aromatic amines is 1. The van der Waals surface area contributed by atoms with Crippen molar-refractivity contribution in [2.75, 3.05) is 0 Å². The second-order valence-corrected chi connectivity index (χ2v) is 5.73. The molecule has 0 radical (unpaired) electrons. The highest BCUT2D eigenvalue weighted by molar-refractivity contribution is 6.07. The number of H-pyrrole nitrogens is 1. The van der Waals surface area contributed by atoms with E-state index in [-0.39, 0.29) is 5.91 Å². The maximum Gasteiger partial charge on any atom is 0.244 e. The maximum atomic E-state index is 12.0. The van der Waals surface area contributed by atoms with Crippen molar-refractivity contribution >= 4 is 33.8 Å². The Morgan fingerprint density at radius 3 is 2.80 bits per heavy atom. The molecule has 3 aromatic heterocycles. The van der Waals surface area contributed by atoms with Crippen LogP contribution >= 0.6 is 0 Å². The smallest absolute Gasteiger partial charge is 0.244 e. The number of pyridine rings is 2. The number of hydrogen-bond acceptors (Lipinski definition) is 3. The number of carbonyl (C=O) groups is 1. The number of nitrogens with one attached hydrogen (secondary N) is 2. The Labute approximate surface area is 144 Å². The molecule has 25 heavy (non-hydrogen) atoms. The van der Waals surface area contributed by atoms with E-state index in [2.05, 4.69) is 26.3 Å². The SMILES string of the molecule is O=C(/C=C/c1cc2c(cn1)[nH]c1ccccc12)NCc1ccncc1. The van der Waals surface area contributed by atoms with E-state index in [1.54, 1.807) is 24.7 Å². The van der Waals surface area contributed by atoms with Gasteiger partial charge in [0.25, 0.3) is 0 Å². The van der Waals surface area contributed by atoms with Gasteiger partial charge in [-0.15, -0.1) is 0 Å². The minimum absolute atomic E-state index is 0.155. The minimum Gasteiger partial charge on any atom is -0.353 e. The molecule has 122 valence electrons. The van der Waals surface area contributed by atoms with Crippen molar-refractivity contribution in [2.24, 2.45) is 0 Å². The largest absolute Gasteiger partial charge is 0.353 e. The third-order valence-electron chi connectivity index (χ3n) is 4.03. The lowest BCUT2D eigenvalue weighted by molar-refractivity contribution is -0.116. The summed E-state index contributed by atoms with van der Waals surface area (Å²) in [5.74, 6) is -0.155. The van der Waals surface area contributed by atoms with Crippen molar-refractivity contribution in [3.63, 3.8) is 0 Å². The zero-order valence-electron chi connectivity index (χ0n) is 13.4. The summed E-state index contributed by atoms with van der Waals surface area (Å²) in [5, 5.41) is 5.09. The number of benzene rings is 1. The van der Waals surface area contributed by atoms with Crippen LogP contribution in [-0.2, 0) is 11.3 Å². The quantitative estimate of drug-likeness (QED) is 0.564. The van der Waals surface area contributed by atoms with Crippen LogP contribution in [0.5, 0.6) is 0 Å². The molecule has 0 spiro atoms. The first-order valence-corrected chi connectivity index (χ1v) is 8.01. The van der Waals surface area contributed by atoms with Gasteiger partial charge in [0.1, 0.15) is 0 Å². The molecule has 0 aliphatic carbocycles. The highest BCUT2D eigenvalue weighted by Crippen LogP contribution is 2.25. The number of hydrogen-bond donors (Lipinski definition) is 2. The fourth-order valence-electron chi connectivity index (χ4n) is 2.77. The van der Waals surface area contributed by atoms with E-state index < -0.39 is 0 Å². The van der Waals surface area contributed by atoms with Gasteiger partial charge in [0, 0.05) is 41.3 Å². The Morgan fingerprint density at radius 1 is 1.08 bits per heavy atom. The number of fused-ring (bicyclic) bond motifs is 3. The summed E-state index contributed by atoms with van der Waals surface area (Å²) in [5.41, 5.74) is 3.82. The molecule has 0 atom stereocenters. The highest BCUT2D eigenvalue weighted by Gasteiger charge is 2.04. The summed E-state index contributed by atoms with van der Waals surface area (Å²) in [4.78, 5) is 23.6. The van der Waals surface area contributed by atoms with Gasteiger partial charge >= 0.3 is 0 Å². The first-order chi connectivity index (χ1) is 12.3. The lowest BCUT2D eigenvalue weighted by Crippen LogP contribution is -2.20. The van der Waals surface area contributed by atoms with Crippen molar-refractivity contribution in [2.45, 2.75) is 6.54 Å². The van der Waals surface area contributed by atoms with Gasteiger partial charge in [-0.05, 0) is 35.9 Å². The Balaban J connectivity index is 1.50. The fraction of sp³-hybridized carbons (Fsp3) is 0.0500. The lowest BCUT2D eigenvalue weighted by Gasteiger charge is -2.01. The van der Waals surface area contributed by atoms with E-state index in [9.17, 15) is 4.79 Å². The molecular formula is C20H16N4O. The number of nitrogens with zero attached hydrogens (tertiary/aromatic N) is 2. The third kappa shape index (κ3) is 3.26. The Bertz CT molecular complexity index is 1070. The third-order valence-corrected chi connectivity index (χ3v) is 4.03. The molecular weight excluding hydrogens is 312 g/mol. The number of carbonyl (C=O) groups excluding carboxylic acids is 1. The Kier molecular flexibility index (Phi) is 3.96. The van der Waals surface area contributed by atoms with Gasteiger partial charge in [0.05, 0.1) is 17.4 Å². The van der Waals surface area contributed by atoms with Crippen molar-refractivity contribution in [3.05, 3.63) is 78.4 Å². The number of amides is 1. The Hall–Kier alpha value is -3.47. The second kappa shape index (κ2) is 6.57. The summed E-state index contributed by atoms with van der Waals surface area (Å²) in [7, 11) is 0. The second-order valence-electron chi connectivity index (χ2n) is 5.73. The van der Waals surface area contributed by atoms with E-state index in [4.69, 9.17) is 0 Å². The maximum absolute atomic E-state index is 12.0. The predicted molar refractivity (Wildman–Crippen MR) is 98.7 cm³/mol. The zero-order chi connectivity index (χ0) is 17.1. The monoisotopic (exact) mass is 328 g/mol. The molecule has 5 nitrogen and oxygen atoms in total. The average Bonchev–Trinajstić information content (AvgIpc) is 3.03. The first-order valence-electron chi connectivity index (χ1n) is 8.01. The molecule has 0 fully saturated rings. The summed E-state index contributed by atoms with van der Waals surface area (Å²) in [6.07, 6.45) is 8.44.